The maximum Gasteiger partial charge on any atom is 0.469 e. The Morgan fingerprint density at radius 3 is 2.42 bits per heavy atom. The van der Waals surface area contributed by atoms with E-state index in [0.717, 1.165) is 0 Å². The molecular weight excluding hydrogens is 187 g/mol. The van der Waals surface area contributed by atoms with E-state index in [-0.39, 0.29) is 6.29 Å². The highest BCUT2D eigenvalue weighted by atomic mass is 31.2. The van der Waals surface area contributed by atoms with Gasteiger partial charge in [-0.25, -0.2) is 4.57 Å². The standard InChI is InChI=1S/C5H7O6P/c1-2-5(7,3-6)4-11-12(8,9)10/h1,3,7H,4H2,(H2,8,9,10). The predicted octanol–water partition coefficient (Wildman–Crippen LogP) is -1.34. The van der Waals surface area contributed by atoms with Crippen LogP contribution in [0, 0.1) is 12.3 Å². The molecule has 0 rings (SSSR count). The van der Waals surface area contributed by atoms with Gasteiger partial charge >= 0.3 is 7.82 Å². The second-order valence-corrected chi connectivity index (χ2v) is 3.19. The quantitative estimate of drug-likeness (QED) is 0.290. The maximum absolute atomic E-state index is 10.1. The maximum atomic E-state index is 10.1. The Morgan fingerprint density at radius 2 is 2.17 bits per heavy atom. The van der Waals surface area contributed by atoms with Crippen molar-refractivity contribution in [2.24, 2.45) is 0 Å². The van der Waals surface area contributed by atoms with Crippen molar-refractivity contribution in [3.63, 3.8) is 0 Å². The molecule has 0 saturated heterocycles. The molecule has 0 heterocycles. The fraction of sp³-hybridized carbons (Fsp3) is 0.400. The highest BCUT2D eigenvalue weighted by molar-refractivity contribution is 7.46. The molecule has 6 nitrogen and oxygen atoms in total. The molecule has 12 heavy (non-hydrogen) atoms. The van der Waals surface area contributed by atoms with Crippen molar-refractivity contribution >= 4 is 14.1 Å². The lowest BCUT2D eigenvalue weighted by atomic mass is 10.1. The lowest BCUT2D eigenvalue weighted by Gasteiger charge is -2.14. The van der Waals surface area contributed by atoms with E-state index in [1.54, 1.807) is 5.92 Å². The summed E-state index contributed by atoms with van der Waals surface area (Å²) in [5, 5.41) is 8.92. The van der Waals surface area contributed by atoms with Crippen LogP contribution in [0.25, 0.3) is 0 Å². The van der Waals surface area contributed by atoms with Gasteiger partial charge in [-0.3, -0.25) is 9.32 Å². The monoisotopic (exact) mass is 194 g/mol. The summed E-state index contributed by atoms with van der Waals surface area (Å²) >= 11 is 0. The number of aldehydes is 1. The summed E-state index contributed by atoms with van der Waals surface area (Å²) in [5.41, 5.74) is -2.28. The van der Waals surface area contributed by atoms with Crippen LogP contribution in [-0.4, -0.2) is 33.4 Å². The third-order valence-corrected chi connectivity index (χ3v) is 1.36. The number of rotatable bonds is 4. The predicted molar refractivity (Wildman–Crippen MR) is 37.8 cm³/mol. The van der Waals surface area contributed by atoms with Gasteiger partial charge in [-0.2, -0.15) is 0 Å². The molecule has 1 unspecified atom stereocenters. The fourth-order valence-corrected chi connectivity index (χ4v) is 0.657. The van der Waals surface area contributed by atoms with Crippen molar-refractivity contribution in [3.05, 3.63) is 0 Å². The van der Waals surface area contributed by atoms with Crippen molar-refractivity contribution in [2.45, 2.75) is 5.60 Å². The molecule has 0 aliphatic heterocycles. The first-order valence-corrected chi connectivity index (χ1v) is 4.22. The summed E-state index contributed by atoms with van der Waals surface area (Å²) in [7, 11) is -4.70. The average molecular weight is 194 g/mol. The van der Waals surface area contributed by atoms with E-state index in [4.69, 9.17) is 14.9 Å². The number of carbonyl (C=O) groups excluding carboxylic acids is 1. The van der Waals surface area contributed by atoms with Crippen LogP contribution >= 0.6 is 7.82 Å². The molecule has 0 spiro atoms. The number of terminal acetylenes is 1. The van der Waals surface area contributed by atoms with Gasteiger partial charge in [0.15, 0.2) is 6.29 Å². The van der Waals surface area contributed by atoms with Crippen LogP contribution in [0.4, 0.5) is 0 Å². The van der Waals surface area contributed by atoms with Gasteiger partial charge in [0.2, 0.25) is 5.60 Å². The van der Waals surface area contributed by atoms with E-state index in [1.165, 1.54) is 0 Å². The number of aliphatic hydroxyl groups is 1. The van der Waals surface area contributed by atoms with Crippen molar-refractivity contribution in [2.75, 3.05) is 6.61 Å². The van der Waals surface area contributed by atoms with E-state index in [9.17, 15) is 9.36 Å². The van der Waals surface area contributed by atoms with Gasteiger partial charge in [-0.15, -0.1) is 6.42 Å². The minimum absolute atomic E-state index is 0.0390. The molecule has 0 radical (unpaired) electrons. The fourth-order valence-electron chi connectivity index (χ4n) is 0.292. The second kappa shape index (κ2) is 3.81. The zero-order chi connectivity index (χ0) is 9.83. The first kappa shape index (κ1) is 11.3. The van der Waals surface area contributed by atoms with Gasteiger partial charge in [0.25, 0.3) is 0 Å². The SMILES string of the molecule is C#CC(O)(C=O)COP(=O)(O)O. The summed E-state index contributed by atoms with van der Waals surface area (Å²) in [6, 6.07) is 0. The van der Waals surface area contributed by atoms with Gasteiger partial charge in [-0.05, 0) is 0 Å². The summed E-state index contributed by atoms with van der Waals surface area (Å²) in [6.45, 7) is -0.933. The molecule has 0 aromatic heterocycles. The molecule has 0 bridgehead atoms. The average Bonchev–Trinajstić information content (AvgIpc) is 1.99. The van der Waals surface area contributed by atoms with Crippen LogP contribution in [0.15, 0.2) is 0 Å². The molecule has 0 amide bonds. The van der Waals surface area contributed by atoms with Crippen LogP contribution < -0.4 is 0 Å². The van der Waals surface area contributed by atoms with Crippen molar-refractivity contribution in [1.82, 2.24) is 0 Å². The number of phosphoric ester groups is 1. The van der Waals surface area contributed by atoms with Crippen LogP contribution in [0.3, 0.4) is 0 Å². The molecular formula is C5H7O6P. The molecule has 1 atom stereocenters. The Kier molecular flexibility index (Phi) is 3.58. The van der Waals surface area contributed by atoms with E-state index < -0.39 is 20.0 Å². The summed E-state index contributed by atoms with van der Waals surface area (Å²) in [6.07, 6.45) is 4.64. The first-order valence-electron chi connectivity index (χ1n) is 2.69. The Morgan fingerprint density at radius 1 is 1.67 bits per heavy atom. The number of hydrogen-bond acceptors (Lipinski definition) is 4. The number of carbonyl (C=O) groups is 1. The zero-order valence-corrected chi connectivity index (χ0v) is 6.77. The summed E-state index contributed by atoms with van der Waals surface area (Å²) in [5.74, 6) is 1.62. The van der Waals surface area contributed by atoms with Gasteiger partial charge in [-0.1, -0.05) is 5.92 Å². The van der Waals surface area contributed by atoms with E-state index in [2.05, 4.69) is 10.9 Å². The van der Waals surface area contributed by atoms with Crippen LogP contribution in [0.5, 0.6) is 0 Å². The molecule has 0 fully saturated rings. The van der Waals surface area contributed by atoms with Crippen LogP contribution in [0.2, 0.25) is 0 Å². The zero-order valence-electron chi connectivity index (χ0n) is 5.88. The molecule has 3 N–H and O–H groups in total. The summed E-state index contributed by atoms with van der Waals surface area (Å²) in [4.78, 5) is 26.4. The smallest absolute Gasteiger partial charge is 0.369 e. The third kappa shape index (κ3) is 4.23. The normalized spacial score (nSPS) is 16.2. The van der Waals surface area contributed by atoms with Crippen molar-refractivity contribution in [3.8, 4) is 12.3 Å². The lowest BCUT2D eigenvalue weighted by Crippen LogP contribution is -2.33. The minimum Gasteiger partial charge on any atom is -0.369 e. The molecule has 0 saturated carbocycles. The summed E-state index contributed by atoms with van der Waals surface area (Å²) < 4.78 is 13.9. The van der Waals surface area contributed by atoms with Gasteiger partial charge in [0.05, 0.1) is 0 Å². The molecule has 0 aromatic carbocycles. The molecule has 68 valence electrons. The molecule has 7 heteroatoms. The highest BCUT2D eigenvalue weighted by Crippen LogP contribution is 2.36. The van der Waals surface area contributed by atoms with Crippen LogP contribution in [-0.2, 0) is 13.9 Å². The third-order valence-electron chi connectivity index (χ3n) is 0.898. The topological polar surface area (TPSA) is 104 Å². The van der Waals surface area contributed by atoms with E-state index in [0.29, 0.717) is 0 Å². The molecule has 0 aliphatic rings. The lowest BCUT2D eigenvalue weighted by molar-refractivity contribution is -0.121. The Bertz CT molecular complexity index is 249. The highest BCUT2D eigenvalue weighted by Gasteiger charge is 2.28. The largest absolute Gasteiger partial charge is 0.469 e. The second-order valence-electron chi connectivity index (χ2n) is 1.95. The Labute approximate surface area is 68.4 Å². The van der Waals surface area contributed by atoms with Gasteiger partial charge < -0.3 is 14.9 Å². The van der Waals surface area contributed by atoms with Gasteiger partial charge in [0, 0.05) is 0 Å². The Balaban J connectivity index is 4.19. The van der Waals surface area contributed by atoms with E-state index in [1.807, 2.05) is 0 Å². The molecule has 0 aromatic rings. The minimum atomic E-state index is -4.70. The van der Waals surface area contributed by atoms with E-state index >= 15 is 0 Å². The Hall–Kier alpha value is -0.700. The molecule has 0 aliphatic carbocycles. The van der Waals surface area contributed by atoms with Gasteiger partial charge in [0.1, 0.15) is 6.61 Å². The van der Waals surface area contributed by atoms with Crippen molar-refractivity contribution in [1.29, 1.82) is 0 Å². The number of hydrogen-bond donors (Lipinski definition) is 3. The van der Waals surface area contributed by atoms with Crippen LogP contribution in [0.1, 0.15) is 0 Å². The number of phosphoric acid groups is 1. The first-order chi connectivity index (χ1) is 5.33. The van der Waals surface area contributed by atoms with Crippen molar-refractivity contribution < 1.29 is 28.8 Å².